The highest BCUT2D eigenvalue weighted by Crippen LogP contribution is 2.47. The van der Waals surface area contributed by atoms with Crippen LogP contribution in [0.4, 0.5) is 11.4 Å². The van der Waals surface area contributed by atoms with E-state index >= 15 is 0 Å². The van der Waals surface area contributed by atoms with E-state index in [1.54, 1.807) is 11.1 Å². The van der Waals surface area contributed by atoms with Crippen LogP contribution in [-0.4, -0.2) is 17.9 Å². The lowest BCUT2D eigenvalue weighted by molar-refractivity contribution is -0.126. The standard InChI is InChI=1S/C24H19BrN2O3/c1-15-7-5-12-19(13-15)26-23(28)20-21(16-8-6-9-17(25)14-16)27(30-22(20)24(26)29)18-10-3-2-4-11-18/h2-14,20-22H,1H3/t20-,21+,22+/m0/s1. The molecule has 0 aromatic heterocycles. The zero-order valence-corrected chi connectivity index (χ0v) is 17.8. The summed E-state index contributed by atoms with van der Waals surface area (Å²) in [6, 6.07) is 24.4. The quantitative estimate of drug-likeness (QED) is 0.524. The lowest BCUT2D eigenvalue weighted by Gasteiger charge is -2.29. The van der Waals surface area contributed by atoms with E-state index in [2.05, 4.69) is 15.9 Å². The molecular weight excluding hydrogens is 444 g/mol. The van der Waals surface area contributed by atoms with Crippen molar-refractivity contribution in [1.29, 1.82) is 0 Å². The van der Waals surface area contributed by atoms with Gasteiger partial charge in [-0.2, -0.15) is 0 Å². The monoisotopic (exact) mass is 462 g/mol. The Balaban J connectivity index is 1.60. The first-order valence-electron chi connectivity index (χ1n) is 9.75. The highest BCUT2D eigenvalue weighted by atomic mass is 79.9. The van der Waals surface area contributed by atoms with Crippen LogP contribution >= 0.6 is 15.9 Å². The number of imide groups is 1. The number of para-hydroxylation sites is 1. The first-order chi connectivity index (χ1) is 14.5. The van der Waals surface area contributed by atoms with Gasteiger partial charge < -0.3 is 0 Å². The summed E-state index contributed by atoms with van der Waals surface area (Å²) in [6.45, 7) is 1.94. The van der Waals surface area contributed by atoms with Gasteiger partial charge in [-0.25, -0.2) is 9.96 Å². The number of aryl methyl sites for hydroxylation is 1. The van der Waals surface area contributed by atoms with E-state index in [1.165, 1.54) is 4.90 Å². The van der Waals surface area contributed by atoms with Gasteiger partial charge in [0.25, 0.3) is 5.91 Å². The number of halogens is 1. The van der Waals surface area contributed by atoms with Gasteiger partial charge >= 0.3 is 0 Å². The van der Waals surface area contributed by atoms with Crippen LogP contribution in [0.3, 0.4) is 0 Å². The average molecular weight is 463 g/mol. The summed E-state index contributed by atoms with van der Waals surface area (Å²) in [6.07, 6.45) is -0.859. The fourth-order valence-electron chi connectivity index (χ4n) is 4.26. The maximum atomic E-state index is 13.5. The van der Waals surface area contributed by atoms with Gasteiger partial charge in [0.2, 0.25) is 5.91 Å². The second-order valence-electron chi connectivity index (χ2n) is 7.56. The van der Waals surface area contributed by atoms with Crippen LogP contribution in [0.1, 0.15) is 17.2 Å². The van der Waals surface area contributed by atoms with Crippen LogP contribution < -0.4 is 9.96 Å². The number of amides is 2. The Hall–Kier alpha value is -2.96. The topological polar surface area (TPSA) is 49.9 Å². The van der Waals surface area contributed by atoms with E-state index < -0.39 is 18.1 Å². The summed E-state index contributed by atoms with van der Waals surface area (Å²) in [5, 5.41) is 1.71. The van der Waals surface area contributed by atoms with Crippen LogP contribution in [0, 0.1) is 12.8 Å². The molecule has 0 spiro atoms. The van der Waals surface area contributed by atoms with Crippen molar-refractivity contribution in [3.63, 3.8) is 0 Å². The van der Waals surface area contributed by atoms with E-state index in [0.717, 1.165) is 21.3 Å². The maximum absolute atomic E-state index is 13.5. The number of nitrogens with zero attached hydrogens (tertiary/aromatic N) is 2. The Kier molecular flexibility index (Phi) is 4.68. The minimum absolute atomic E-state index is 0.237. The Labute approximate surface area is 183 Å². The third-order valence-corrected chi connectivity index (χ3v) is 6.07. The van der Waals surface area contributed by atoms with Crippen LogP contribution in [0.2, 0.25) is 0 Å². The molecule has 2 heterocycles. The summed E-state index contributed by atoms with van der Waals surface area (Å²) in [5.74, 6) is -1.19. The van der Waals surface area contributed by atoms with E-state index in [9.17, 15) is 9.59 Å². The molecule has 0 N–H and O–H groups in total. The number of fused-ring (bicyclic) bond motifs is 1. The Morgan fingerprint density at radius 2 is 1.57 bits per heavy atom. The molecule has 2 amide bonds. The predicted molar refractivity (Wildman–Crippen MR) is 118 cm³/mol. The molecule has 5 nitrogen and oxygen atoms in total. The van der Waals surface area contributed by atoms with Gasteiger partial charge in [-0.3, -0.25) is 14.4 Å². The molecule has 2 aliphatic heterocycles. The number of benzene rings is 3. The SMILES string of the molecule is Cc1cccc(N2C(=O)[C@H]3[C@@H](c4cccc(Br)c4)N(c4ccccc4)O[C@H]3C2=O)c1. The molecule has 0 unspecified atom stereocenters. The van der Waals surface area contributed by atoms with Gasteiger partial charge in [-0.05, 0) is 54.4 Å². The fraction of sp³-hybridized carbons (Fsp3) is 0.167. The van der Waals surface area contributed by atoms with Crippen LogP contribution in [0.5, 0.6) is 0 Å². The summed E-state index contributed by atoms with van der Waals surface area (Å²) in [4.78, 5) is 34.2. The largest absolute Gasteiger partial charge is 0.273 e. The lowest BCUT2D eigenvalue weighted by atomic mass is 9.90. The van der Waals surface area contributed by atoms with Crippen LogP contribution in [-0.2, 0) is 14.4 Å². The van der Waals surface area contributed by atoms with Crippen molar-refractivity contribution in [2.24, 2.45) is 5.92 Å². The number of hydrogen-bond acceptors (Lipinski definition) is 4. The van der Waals surface area contributed by atoms with Crippen molar-refractivity contribution in [3.05, 3.63) is 94.5 Å². The Bertz CT molecular complexity index is 1130. The third kappa shape index (κ3) is 3.04. The molecule has 2 aliphatic rings. The Morgan fingerprint density at radius 3 is 2.30 bits per heavy atom. The second kappa shape index (κ2) is 7.38. The number of hydrogen-bond donors (Lipinski definition) is 0. The maximum Gasteiger partial charge on any atom is 0.266 e. The number of carbonyl (C=O) groups excluding carboxylic acids is 2. The highest BCUT2D eigenvalue weighted by Gasteiger charge is 2.60. The van der Waals surface area contributed by atoms with Crippen molar-refractivity contribution in [2.45, 2.75) is 19.1 Å². The number of anilines is 2. The zero-order chi connectivity index (χ0) is 20.8. The van der Waals surface area contributed by atoms with Gasteiger partial charge in [0.05, 0.1) is 17.4 Å². The summed E-state index contributed by atoms with van der Waals surface area (Å²) in [5.41, 5.74) is 3.29. The molecule has 5 rings (SSSR count). The summed E-state index contributed by atoms with van der Waals surface area (Å²) < 4.78 is 0.906. The third-order valence-electron chi connectivity index (χ3n) is 5.58. The molecule has 0 bridgehead atoms. The molecule has 3 aromatic rings. The van der Waals surface area contributed by atoms with E-state index in [1.807, 2.05) is 79.7 Å². The highest BCUT2D eigenvalue weighted by molar-refractivity contribution is 9.10. The fourth-order valence-corrected chi connectivity index (χ4v) is 4.68. The second-order valence-corrected chi connectivity index (χ2v) is 8.48. The van der Waals surface area contributed by atoms with Gasteiger partial charge in [0.1, 0.15) is 5.92 Å². The zero-order valence-electron chi connectivity index (χ0n) is 16.2. The molecular formula is C24H19BrN2O3. The smallest absolute Gasteiger partial charge is 0.266 e. The molecule has 6 heteroatoms. The molecule has 0 saturated carbocycles. The van der Waals surface area contributed by atoms with Crippen molar-refractivity contribution in [1.82, 2.24) is 0 Å². The van der Waals surface area contributed by atoms with Gasteiger partial charge in [-0.15, -0.1) is 0 Å². The molecule has 3 atom stereocenters. The summed E-state index contributed by atoms with van der Waals surface area (Å²) >= 11 is 3.52. The van der Waals surface area contributed by atoms with Crippen molar-refractivity contribution in [3.8, 4) is 0 Å². The molecule has 3 aromatic carbocycles. The van der Waals surface area contributed by atoms with Crippen molar-refractivity contribution < 1.29 is 14.4 Å². The minimum Gasteiger partial charge on any atom is -0.273 e. The first kappa shape index (κ1) is 19.0. The van der Waals surface area contributed by atoms with Crippen LogP contribution in [0.15, 0.2) is 83.3 Å². The van der Waals surface area contributed by atoms with Gasteiger partial charge in [0.15, 0.2) is 6.10 Å². The molecule has 30 heavy (non-hydrogen) atoms. The number of carbonyl (C=O) groups is 2. The Morgan fingerprint density at radius 1 is 0.833 bits per heavy atom. The summed E-state index contributed by atoms with van der Waals surface area (Å²) in [7, 11) is 0. The van der Waals surface area contributed by atoms with Gasteiger partial charge in [-0.1, -0.05) is 58.4 Å². The first-order valence-corrected chi connectivity index (χ1v) is 10.5. The number of rotatable bonds is 3. The minimum atomic E-state index is -0.859. The van der Waals surface area contributed by atoms with Crippen molar-refractivity contribution in [2.75, 3.05) is 9.96 Å². The lowest BCUT2D eigenvalue weighted by Crippen LogP contribution is -2.37. The molecule has 150 valence electrons. The van der Waals surface area contributed by atoms with Gasteiger partial charge in [0, 0.05) is 4.47 Å². The molecule has 2 saturated heterocycles. The normalized spacial score (nSPS) is 23.2. The molecule has 0 aliphatic carbocycles. The van der Waals surface area contributed by atoms with Crippen LogP contribution in [0.25, 0.3) is 0 Å². The number of hydroxylamine groups is 1. The van der Waals surface area contributed by atoms with E-state index in [-0.39, 0.29) is 11.8 Å². The van der Waals surface area contributed by atoms with E-state index in [4.69, 9.17) is 4.84 Å². The van der Waals surface area contributed by atoms with E-state index in [0.29, 0.717) is 5.69 Å². The molecule has 2 fully saturated rings. The predicted octanol–water partition coefficient (Wildman–Crippen LogP) is 4.81. The molecule has 0 radical (unpaired) electrons. The average Bonchev–Trinajstić information content (AvgIpc) is 3.25. The van der Waals surface area contributed by atoms with Crippen molar-refractivity contribution >= 4 is 39.1 Å².